The summed E-state index contributed by atoms with van der Waals surface area (Å²) in [6.45, 7) is 1.57. The topological polar surface area (TPSA) is 29.3 Å². The maximum Gasteiger partial charge on any atom is 0.0426 e. The number of nitrogens with two attached hydrogens (primary N) is 1. The first-order valence-corrected chi connectivity index (χ1v) is 7.23. The van der Waals surface area contributed by atoms with Crippen molar-refractivity contribution in [3.63, 3.8) is 0 Å². The van der Waals surface area contributed by atoms with Crippen LogP contribution < -0.4 is 10.6 Å². The third-order valence-corrected chi connectivity index (χ3v) is 3.62. The zero-order valence-electron chi connectivity index (χ0n) is 11.1. The molecular weight excluding hydrogens is 300 g/mol. The van der Waals surface area contributed by atoms with Crippen LogP contribution in [0.1, 0.15) is 11.1 Å². The van der Waals surface area contributed by atoms with Gasteiger partial charge in [-0.3, -0.25) is 0 Å². The molecule has 0 heterocycles. The molecule has 0 saturated carbocycles. The average Bonchev–Trinajstić information content (AvgIpc) is 2.39. The Bertz CT molecular complexity index is 540. The van der Waals surface area contributed by atoms with E-state index in [4.69, 9.17) is 5.73 Å². The van der Waals surface area contributed by atoms with Crippen molar-refractivity contribution in [1.29, 1.82) is 0 Å². The monoisotopic (exact) mass is 318 g/mol. The quantitative estimate of drug-likeness (QED) is 0.912. The van der Waals surface area contributed by atoms with Crippen LogP contribution in [0, 0.1) is 0 Å². The summed E-state index contributed by atoms with van der Waals surface area (Å²) < 4.78 is 1.12. The summed E-state index contributed by atoms with van der Waals surface area (Å²) in [7, 11) is 2.12. The predicted octanol–water partition coefficient (Wildman–Crippen LogP) is 3.59. The van der Waals surface area contributed by atoms with E-state index in [1.54, 1.807) is 0 Å². The molecule has 0 aromatic heterocycles. The van der Waals surface area contributed by atoms with Crippen LogP contribution in [0.3, 0.4) is 0 Å². The zero-order chi connectivity index (χ0) is 13.7. The summed E-state index contributed by atoms with van der Waals surface area (Å²) >= 11 is 3.51. The SMILES string of the molecule is CN(Cc1cccc(Br)c1)c1ccccc1CCN. The van der Waals surface area contributed by atoms with E-state index in [0.717, 1.165) is 17.4 Å². The second-order valence-electron chi connectivity index (χ2n) is 4.65. The minimum atomic E-state index is 0.682. The number of hydrogen-bond donors (Lipinski definition) is 1. The molecule has 0 amide bonds. The lowest BCUT2D eigenvalue weighted by Gasteiger charge is -2.22. The van der Waals surface area contributed by atoms with E-state index < -0.39 is 0 Å². The Morgan fingerprint density at radius 3 is 2.63 bits per heavy atom. The molecular formula is C16H19BrN2. The van der Waals surface area contributed by atoms with Gasteiger partial charge < -0.3 is 10.6 Å². The molecule has 0 fully saturated rings. The third kappa shape index (κ3) is 3.82. The summed E-state index contributed by atoms with van der Waals surface area (Å²) in [5.41, 5.74) is 9.53. The van der Waals surface area contributed by atoms with Gasteiger partial charge >= 0.3 is 0 Å². The fraction of sp³-hybridized carbons (Fsp3) is 0.250. The highest BCUT2D eigenvalue weighted by molar-refractivity contribution is 9.10. The number of benzene rings is 2. The molecule has 2 aromatic carbocycles. The van der Waals surface area contributed by atoms with Gasteiger partial charge in [-0.25, -0.2) is 0 Å². The number of nitrogens with zero attached hydrogens (tertiary/aromatic N) is 1. The molecule has 0 aliphatic heterocycles. The van der Waals surface area contributed by atoms with Crippen molar-refractivity contribution in [1.82, 2.24) is 0 Å². The molecule has 3 heteroatoms. The van der Waals surface area contributed by atoms with E-state index in [1.165, 1.54) is 16.8 Å². The van der Waals surface area contributed by atoms with Gasteiger partial charge in [0.05, 0.1) is 0 Å². The summed E-state index contributed by atoms with van der Waals surface area (Å²) in [5.74, 6) is 0. The van der Waals surface area contributed by atoms with Gasteiger partial charge in [-0.1, -0.05) is 46.3 Å². The summed E-state index contributed by atoms with van der Waals surface area (Å²) in [5, 5.41) is 0. The molecule has 19 heavy (non-hydrogen) atoms. The predicted molar refractivity (Wildman–Crippen MR) is 85.4 cm³/mol. The van der Waals surface area contributed by atoms with Gasteiger partial charge in [0.2, 0.25) is 0 Å². The first kappa shape index (κ1) is 14.1. The first-order valence-electron chi connectivity index (χ1n) is 6.44. The average molecular weight is 319 g/mol. The van der Waals surface area contributed by atoms with Crippen molar-refractivity contribution in [2.75, 3.05) is 18.5 Å². The Hall–Kier alpha value is -1.32. The van der Waals surface area contributed by atoms with Crippen LogP contribution in [0.15, 0.2) is 53.0 Å². The minimum Gasteiger partial charge on any atom is -0.370 e. The van der Waals surface area contributed by atoms with Gasteiger partial charge in [0.15, 0.2) is 0 Å². The highest BCUT2D eigenvalue weighted by atomic mass is 79.9. The molecule has 2 aromatic rings. The number of hydrogen-bond acceptors (Lipinski definition) is 2. The molecule has 0 radical (unpaired) electrons. The number of para-hydroxylation sites is 1. The number of halogens is 1. The van der Waals surface area contributed by atoms with E-state index in [9.17, 15) is 0 Å². The van der Waals surface area contributed by atoms with Crippen LogP contribution in [0.4, 0.5) is 5.69 Å². The van der Waals surface area contributed by atoms with Crippen LogP contribution in [-0.2, 0) is 13.0 Å². The van der Waals surface area contributed by atoms with Gasteiger partial charge in [0, 0.05) is 23.8 Å². The molecule has 0 aliphatic rings. The highest BCUT2D eigenvalue weighted by Gasteiger charge is 2.07. The Morgan fingerprint density at radius 1 is 1.11 bits per heavy atom. The van der Waals surface area contributed by atoms with Crippen molar-refractivity contribution in [3.8, 4) is 0 Å². The van der Waals surface area contributed by atoms with Gasteiger partial charge in [-0.2, -0.15) is 0 Å². The minimum absolute atomic E-state index is 0.682. The molecule has 0 saturated heterocycles. The molecule has 100 valence electrons. The Balaban J connectivity index is 2.17. The maximum absolute atomic E-state index is 5.68. The van der Waals surface area contributed by atoms with E-state index in [0.29, 0.717) is 6.54 Å². The summed E-state index contributed by atoms with van der Waals surface area (Å²) in [6, 6.07) is 16.9. The Kier molecular flexibility index (Phi) is 5.00. The van der Waals surface area contributed by atoms with Gasteiger partial charge in [-0.05, 0) is 42.3 Å². The highest BCUT2D eigenvalue weighted by Crippen LogP contribution is 2.22. The normalized spacial score (nSPS) is 10.5. The fourth-order valence-corrected chi connectivity index (χ4v) is 2.69. The van der Waals surface area contributed by atoms with Crippen molar-refractivity contribution < 1.29 is 0 Å². The molecule has 2 rings (SSSR count). The van der Waals surface area contributed by atoms with Crippen LogP contribution in [0.5, 0.6) is 0 Å². The molecule has 0 atom stereocenters. The van der Waals surface area contributed by atoms with Gasteiger partial charge in [-0.15, -0.1) is 0 Å². The fourth-order valence-electron chi connectivity index (χ4n) is 2.24. The van der Waals surface area contributed by atoms with Crippen LogP contribution in [0.2, 0.25) is 0 Å². The lowest BCUT2D eigenvalue weighted by atomic mass is 10.1. The van der Waals surface area contributed by atoms with Crippen LogP contribution in [-0.4, -0.2) is 13.6 Å². The first-order chi connectivity index (χ1) is 9.20. The van der Waals surface area contributed by atoms with E-state index >= 15 is 0 Å². The van der Waals surface area contributed by atoms with Gasteiger partial charge in [0.25, 0.3) is 0 Å². The second-order valence-corrected chi connectivity index (χ2v) is 5.57. The van der Waals surface area contributed by atoms with Crippen LogP contribution in [0.25, 0.3) is 0 Å². The maximum atomic E-state index is 5.68. The Morgan fingerprint density at radius 2 is 1.89 bits per heavy atom. The molecule has 0 bridgehead atoms. The summed E-state index contributed by atoms with van der Waals surface area (Å²) in [4.78, 5) is 2.27. The molecule has 0 spiro atoms. The van der Waals surface area contributed by atoms with Crippen molar-refractivity contribution in [2.45, 2.75) is 13.0 Å². The van der Waals surface area contributed by atoms with Crippen molar-refractivity contribution >= 4 is 21.6 Å². The molecule has 0 aliphatic carbocycles. The van der Waals surface area contributed by atoms with E-state index in [1.807, 2.05) is 6.07 Å². The van der Waals surface area contributed by atoms with Crippen molar-refractivity contribution in [2.24, 2.45) is 5.73 Å². The summed E-state index contributed by atoms with van der Waals surface area (Å²) in [6.07, 6.45) is 0.916. The van der Waals surface area contributed by atoms with Gasteiger partial charge in [0.1, 0.15) is 0 Å². The third-order valence-electron chi connectivity index (χ3n) is 3.13. The number of anilines is 1. The smallest absolute Gasteiger partial charge is 0.0426 e. The second kappa shape index (κ2) is 6.73. The lowest BCUT2D eigenvalue weighted by molar-refractivity contribution is 0.892. The largest absolute Gasteiger partial charge is 0.370 e. The molecule has 2 N–H and O–H groups in total. The molecule has 0 unspecified atom stereocenters. The standard InChI is InChI=1S/C16H19BrN2/c1-19(12-13-5-4-7-15(17)11-13)16-8-3-2-6-14(16)9-10-18/h2-8,11H,9-10,12,18H2,1H3. The number of rotatable bonds is 5. The van der Waals surface area contributed by atoms with E-state index in [2.05, 4.69) is 70.3 Å². The Labute approximate surface area is 123 Å². The van der Waals surface area contributed by atoms with E-state index in [-0.39, 0.29) is 0 Å². The van der Waals surface area contributed by atoms with Crippen LogP contribution >= 0.6 is 15.9 Å². The molecule has 2 nitrogen and oxygen atoms in total. The lowest BCUT2D eigenvalue weighted by Crippen LogP contribution is -2.18. The zero-order valence-corrected chi connectivity index (χ0v) is 12.7. The van der Waals surface area contributed by atoms with Crippen molar-refractivity contribution in [3.05, 3.63) is 64.1 Å².